The number of hydrogen-bond acceptors (Lipinski definition) is 4. The lowest BCUT2D eigenvalue weighted by Gasteiger charge is -2.10. The Bertz CT molecular complexity index is 548. The molecule has 0 aliphatic rings. The molecule has 0 bridgehead atoms. The first-order valence-corrected chi connectivity index (χ1v) is 7.51. The molecular formula is C18H28N2O2. The first kappa shape index (κ1) is 19.9. The van der Waals surface area contributed by atoms with Crippen molar-refractivity contribution >= 4 is 11.6 Å². The molecular weight excluding hydrogens is 276 g/mol. The van der Waals surface area contributed by atoms with Gasteiger partial charge in [-0.3, -0.25) is 9.59 Å². The van der Waals surface area contributed by atoms with Crippen LogP contribution >= 0.6 is 0 Å². The molecule has 0 atom stereocenters. The van der Waals surface area contributed by atoms with Gasteiger partial charge in [0.05, 0.1) is 5.70 Å². The summed E-state index contributed by atoms with van der Waals surface area (Å²) in [7, 11) is 1.78. The fourth-order valence-electron chi connectivity index (χ4n) is 1.83. The average molecular weight is 304 g/mol. The number of Topliss-reactive ketones (excluding diaryl/α,β-unsaturated/α-hetero) is 2. The number of rotatable bonds is 5. The van der Waals surface area contributed by atoms with Gasteiger partial charge in [-0.15, -0.1) is 0 Å². The third-order valence-corrected chi connectivity index (χ3v) is 3.32. The molecule has 4 nitrogen and oxygen atoms in total. The Balaban J connectivity index is 0.000000406. The average Bonchev–Trinajstić information content (AvgIpc) is 2.46. The highest BCUT2D eigenvalue weighted by atomic mass is 16.2. The topological polar surface area (TPSA) is 63.4 Å². The molecule has 0 unspecified atom stereocenters. The normalized spacial score (nSPS) is 10.5. The van der Waals surface area contributed by atoms with Crippen LogP contribution in [-0.2, 0) is 16.0 Å². The highest BCUT2D eigenvalue weighted by molar-refractivity contribution is 6.42. The van der Waals surface area contributed by atoms with Gasteiger partial charge in [-0.2, -0.15) is 0 Å². The Morgan fingerprint density at radius 3 is 2.23 bits per heavy atom. The number of allylic oxidation sites excluding steroid dienone is 1. The van der Waals surface area contributed by atoms with Crippen LogP contribution in [0.4, 0.5) is 0 Å². The van der Waals surface area contributed by atoms with Crippen LogP contribution in [0.2, 0.25) is 0 Å². The van der Waals surface area contributed by atoms with E-state index in [1.165, 1.54) is 29.8 Å². The largest absolute Gasteiger partial charge is 0.394 e. The number of hydrogen-bond donors (Lipinski definition) is 1. The summed E-state index contributed by atoms with van der Waals surface area (Å²) >= 11 is 0. The second-order valence-electron chi connectivity index (χ2n) is 5.33. The van der Waals surface area contributed by atoms with Gasteiger partial charge >= 0.3 is 0 Å². The van der Waals surface area contributed by atoms with Gasteiger partial charge in [-0.1, -0.05) is 30.7 Å². The van der Waals surface area contributed by atoms with Crippen LogP contribution in [0.15, 0.2) is 30.1 Å². The summed E-state index contributed by atoms with van der Waals surface area (Å²) in [5, 5.41) is 0. The van der Waals surface area contributed by atoms with Crippen LogP contribution < -0.4 is 5.73 Å². The first-order chi connectivity index (χ1) is 10.2. The standard InChI is InChI=1S/C10H14.C8H14N2O2/c1-4-10-6-5-8(2)7-9(10)3;1-4-10(3)5-7(9)8(12)6(2)11/h5-7H,4H2,1-3H3;5H,4,9H2,1-3H3/b;7-5-. The molecule has 0 saturated carbocycles. The van der Waals surface area contributed by atoms with Crippen LogP contribution in [0.25, 0.3) is 0 Å². The molecule has 0 saturated heterocycles. The van der Waals surface area contributed by atoms with E-state index in [4.69, 9.17) is 5.73 Å². The molecule has 0 radical (unpaired) electrons. The maximum absolute atomic E-state index is 10.9. The van der Waals surface area contributed by atoms with Gasteiger partial charge in [-0.05, 0) is 38.3 Å². The van der Waals surface area contributed by atoms with E-state index in [1.54, 1.807) is 11.9 Å². The molecule has 0 heterocycles. The van der Waals surface area contributed by atoms with E-state index in [0.717, 1.165) is 13.0 Å². The van der Waals surface area contributed by atoms with Crippen molar-refractivity contribution in [1.29, 1.82) is 0 Å². The molecule has 0 aliphatic heterocycles. The Morgan fingerprint density at radius 1 is 1.23 bits per heavy atom. The Hall–Kier alpha value is -2.10. The van der Waals surface area contributed by atoms with Crippen molar-refractivity contribution < 1.29 is 9.59 Å². The maximum Gasteiger partial charge on any atom is 0.245 e. The minimum Gasteiger partial charge on any atom is -0.394 e. The lowest BCUT2D eigenvalue weighted by Crippen LogP contribution is -2.22. The second kappa shape index (κ2) is 9.77. The molecule has 1 aromatic carbocycles. The predicted molar refractivity (Wildman–Crippen MR) is 91.6 cm³/mol. The van der Waals surface area contributed by atoms with Gasteiger partial charge in [0.15, 0.2) is 0 Å². The minimum absolute atomic E-state index is 0.00755. The first-order valence-electron chi connectivity index (χ1n) is 7.51. The summed E-state index contributed by atoms with van der Waals surface area (Å²) in [6.45, 7) is 10.4. The molecule has 0 fully saturated rings. The summed E-state index contributed by atoms with van der Waals surface area (Å²) in [6.07, 6.45) is 2.61. The molecule has 0 amide bonds. The fourth-order valence-corrected chi connectivity index (χ4v) is 1.83. The number of nitrogens with zero attached hydrogens (tertiary/aromatic N) is 1. The van der Waals surface area contributed by atoms with Crippen molar-refractivity contribution in [1.82, 2.24) is 4.90 Å². The molecule has 22 heavy (non-hydrogen) atoms. The van der Waals surface area contributed by atoms with Gasteiger partial charge in [0.25, 0.3) is 0 Å². The number of ketones is 2. The van der Waals surface area contributed by atoms with Crippen molar-refractivity contribution in [3.63, 3.8) is 0 Å². The summed E-state index contributed by atoms with van der Waals surface area (Å²) in [5.41, 5.74) is 9.57. The maximum atomic E-state index is 10.9. The highest BCUT2D eigenvalue weighted by Gasteiger charge is 2.10. The van der Waals surface area contributed by atoms with Crippen LogP contribution in [0, 0.1) is 13.8 Å². The zero-order valence-corrected chi connectivity index (χ0v) is 14.6. The van der Waals surface area contributed by atoms with E-state index in [0.29, 0.717) is 0 Å². The molecule has 4 heteroatoms. The van der Waals surface area contributed by atoms with Crippen molar-refractivity contribution in [3.8, 4) is 0 Å². The third kappa shape index (κ3) is 7.07. The highest BCUT2D eigenvalue weighted by Crippen LogP contribution is 2.10. The number of nitrogens with two attached hydrogens (primary N) is 1. The summed E-state index contributed by atoms with van der Waals surface area (Å²) in [4.78, 5) is 23.2. The van der Waals surface area contributed by atoms with Gasteiger partial charge in [0.2, 0.25) is 11.6 Å². The lowest BCUT2D eigenvalue weighted by atomic mass is 10.0. The van der Waals surface area contributed by atoms with E-state index in [9.17, 15) is 9.59 Å². The summed E-state index contributed by atoms with van der Waals surface area (Å²) in [6, 6.07) is 6.62. The Labute approximate surface area is 134 Å². The smallest absolute Gasteiger partial charge is 0.245 e. The van der Waals surface area contributed by atoms with E-state index in [2.05, 4.69) is 39.0 Å². The summed E-state index contributed by atoms with van der Waals surface area (Å²) < 4.78 is 0. The molecule has 0 aliphatic carbocycles. The second-order valence-corrected chi connectivity index (χ2v) is 5.33. The molecule has 1 aromatic rings. The Morgan fingerprint density at radius 2 is 1.82 bits per heavy atom. The summed E-state index contributed by atoms with van der Waals surface area (Å²) in [5.74, 6) is -1.16. The SMILES string of the molecule is CCN(C)/C=C(\N)C(=O)C(C)=O.CCc1ccc(C)cc1C. The minimum atomic E-state index is -0.629. The zero-order valence-electron chi connectivity index (χ0n) is 14.6. The zero-order chi connectivity index (χ0) is 17.3. The van der Waals surface area contributed by atoms with Crippen molar-refractivity contribution in [2.75, 3.05) is 13.6 Å². The van der Waals surface area contributed by atoms with Gasteiger partial charge < -0.3 is 10.6 Å². The van der Waals surface area contributed by atoms with E-state index in [1.807, 2.05) is 6.92 Å². The molecule has 0 aromatic heterocycles. The number of carbonyl (C=O) groups excluding carboxylic acids is 2. The van der Waals surface area contributed by atoms with Crippen LogP contribution in [0.3, 0.4) is 0 Å². The monoisotopic (exact) mass is 304 g/mol. The fraction of sp³-hybridized carbons (Fsp3) is 0.444. The van der Waals surface area contributed by atoms with Gasteiger partial charge in [0.1, 0.15) is 0 Å². The predicted octanol–water partition coefficient (Wildman–Crippen LogP) is 2.76. The van der Waals surface area contributed by atoms with E-state index < -0.39 is 11.6 Å². The van der Waals surface area contributed by atoms with Gasteiger partial charge in [0, 0.05) is 26.7 Å². The number of benzene rings is 1. The molecule has 0 spiro atoms. The molecule has 2 N–H and O–H groups in total. The van der Waals surface area contributed by atoms with Crippen LogP contribution in [0.5, 0.6) is 0 Å². The molecule has 1 rings (SSSR count). The van der Waals surface area contributed by atoms with Crippen molar-refractivity contribution in [2.45, 2.75) is 41.0 Å². The lowest BCUT2D eigenvalue weighted by molar-refractivity contribution is -0.133. The van der Waals surface area contributed by atoms with Crippen LogP contribution in [-0.4, -0.2) is 30.1 Å². The van der Waals surface area contributed by atoms with Gasteiger partial charge in [-0.25, -0.2) is 0 Å². The van der Waals surface area contributed by atoms with Crippen molar-refractivity contribution in [2.24, 2.45) is 5.73 Å². The molecule has 122 valence electrons. The van der Waals surface area contributed by atoms with Crippen LogP contribution in [0.1, 0.15) is 37.5 Å². The quantitative estimate of drug-likeness (QED) is 0.671. The van der Waals surface area contributed by atoms with Crippen molar-refractivity contribution in [3.05, 3.63) is 46.8 Å². The number of carbonyl (C=O) groups is 2. The van der Waals surface area contributed by atoms with E-state index >= 15 is 0 Å². The third-order valence-electron chi connectivity index (χ3n) is 3.32. The number of aryl methyl sites for hydroxylation is 3. The Kier molecular flexibility index (Phi) is 8.83. The van der Waals surface area contributed by atoms with E-state index in [-0.39, 0.29) is 5.70 Å².